The van der Waals surface area contributed by atoms with Gasteiger partial charge in [0, 0.05) is 37.6 Å². The molecule has 3 heterocycles. The van der Waals surface area contributed by atoms with E-state index in [9.17, 15) is 27.6 Å². The van der Waals surface area contributed by atoms with Crippen molar-refractivity contribution in [2.75, 3.05) is 31.5 Å². The van der Waals surface area contributed by atoms with Crippen LogP contribution in [0, 0.1) is 11.8 Å². The number of rotatable bonds is 4. The van der Waals surface area contributed by atoms with Crippen LogP contribution in [0.15, 0.2) is 11.6 Å². The van der Waals surface area contributed by atoms with Crippen LogP contribution < -0.4 is 5.32 Å². The van der Waals surface area contributed by atoms with Gasteiger partial charge < -0.3 is 15.1 Å². The van der Waals surface area contributed by atoms with Gasteiger partial charge in [-0.2, -0.15) is 13.2 Å². The Balaban J connectivity index is 1.57. The smallest absolute Gasteiger partial charge is 0.342 e. The molecule has 1 aromatic rings. The van der Waals surface area contributed by atoms with Gasteiger partial charge in [0.05, 0.1) is 11.8 Å². The lowest BCUT2D eigenvalue weighted by atomic mass is 9.95. The molecule has 11 heteroatoms. The van der Waals surface area contributed by atoms with Gasteiger partial charge in [0.2, 0.25) is 17.7 Å². The third kappa shape index (κ3) is 4.96. The summed E-state index contributed by atoms with van der Waals surface area (Å²) in [5, 5.41) is 4.92. The standard InChI is InChI=1S/C16H19F3N4O3S/c17-16(18,19)9-23-8-11(6-12(23)24)14(26)22-4-1-2-10(7-22)13(25)21-15-20-3-5-27-15/h3,5,10-11H,1-2,4,6-9H2,(H,20,21,25). The fraction of sp³-hybridized carbons (Fsp3) is 0.625. The van der Waals surface area contributed by atoms with Crippen LogP contribution >= 0.6 is 11.3 Å². The molecule has 148 valence electrons. The summed E-state index contributed by atoms with van der Waals surface area (Å²) < 4.78 is 37.6. The maximum atomic E-state index is 12.7. The van der Waals surface area contributed by atoms with Gasteiger partial charge in [0.25, 0.3) is 0 Å². The topological polar surface area (TPSA) is 82.6 Å². The number of carbonyl (C=O) groups is 3. The molecule has 7 nitrogen and oxygen atoms in total. The lowest BCUT2D eigenvalue weighted by Crippen LogP contribution is -2.46. The van der Waals surface area contributed by atoms with Crippen molar-refractivity contribution in [1.82, 2.24) is 14.8 Å². The molecule has 0 saturated carbocycles. The predicted molar refractivity (Wildman–Crippen MR) is 90.8 cm³/mol. The second-order valence-electron chi connectivity index (χ2n) is 6.74. The van der Waals surface area contributed by atoms with E-state index in [0.29, 0.717) is 29.4 Å². The molecule has 1 N–H and O–H groups in total. The zero-order valence-electron chi connectivity index (χ0n) is 14.4. The fourth-order valence-electron chi connectivity index (χ4n) is 3.45. The summed E-state index contributed by atoms with van der Waals surface area (Å²) in [6, 6.07) is 0. The lowest BCUT2D eigenvalue weighted by Gasteiger charge is -2.33. The van der Waals surface area contributed by atoms with Crippen LogP contribution in [-0.2, 0) is 14.4 Å². The number of carbonyl (C=O) groups excluding carboxylic acids is 3. The minimum atomic E-state index is -4.49. The zero-order chi connectivity index (χ0) is 19.6. The highest BCUT2D eigenvalue weighted by molar-refractivity contribution is 7.13. The largest absolute Gasteiger partial charge is 0.406 e. The molecule has 0 radical (unpaired) electrons. The molecule has 2 aliphatic rings. The molecule has 2 fully saturated rings. The van der Waals surface area contributed by atoms with Crippen molar-refractivity contribution >= 4 is 34.2 Å². The molecule has 3 rings (SSSR count). The molecule has 2 saturated heterocycles. The first kappa shape index (κ1) is 19.6. The molecular weight excluding hydrogens is 385 g/mol. The van der Waals surface area contributed by atoms with Gasteiger partial charge in [-0.05, 0) is 12.8 Å². The number of piperidine rings is 1. The van der Waals surface area contributed by atoms with Crippen molar-refractivity contribution in [1.29, 1.82) is 0 Å². The molecule has 2 aliphatic heterocycles. The Kier molecular flexibility index (Phi) is 5.68. The summed E-state index contributed by atoms with van der Waals surface area (Å²) in [7, 11) is 0. The second kappa shape index (κ2) is 7.83. The van der Waals surface area contributed by atoms with Crippen LogP contribution in [0.1, 0.15) is 19.3 Å². The first-order chi connectivity index (χ1) is 12.7. The number of hydrogen-bond acceptors (Lipinski definition) is 5. The van der Waals surface area contributed by atoms with E-state index in [1.165, 1.54) is 16.2 Å². The van der Waals surface area contributed by atoms with Gasteiger partial charge in [-0.15, -0.1) is 11.3 Å². The normalized spacial score (nSPS) is 23.6. The Labute approximate surface area is 157 Å². The van der Waals surface area contributed by atoms with E-state index in [0.717, 1.165) is 0 Å². The van der Waals surface area contributed by atoms with Crippen LogP contribution in [0.3, 0.4) is 0 Å². The molecule has 0 aromatic carbocycles. The van der Waals surface area contributed by atoms with Crippen molar-refractivity contribution in [2.24, 2.45) is 11.8 Å². The number of aromatic nitrogens is 1. The highest BCUT2D eigenvalue weighted by Crippen LogP contribution is 2.27. The van der Waals surface area contributed by atoms with Crippen molar-refractivity contribution in [3.05, 3.63) is 11.6 Å². The fourth-order valence-corrected chi connectivity index (χ4v) is 3.98. The quantitative estimate of drug-likeness (QED) is 0.829. The molecule has 1 aromatic heterocycles. The predicted octanol–water partition coefficient (Wildman–Crippen LogP) is 1.73. The first-order valence-corrected chi connectivity index (χ1v) is 9.44. The summed E-state index contributed by atoms with van der Waals surface area (Å²) >= 11 is 1.29. The number of amides is 3. The number of halogens is 3. The number of likely N-dealkylation sites (tertiary alicyclic amines) is 2. The van der Waals surface area contributed by atoms with Crippen LogP contribution in [0.25, 0.3) is 0 Å². The summed E-state index contributed by atoms with van der Waals surface area (Å²) in [4.78, 5) is 43.0. The Bertz CT molecular complexity index is 710. The van der Waals surface area contributed by atoms with E-state index in [-0.39, 0.29) is 31.3 Å². The maximum Gasteiger partial charge on any atom is 0.406 e. The van der Waals surface area contributed by atoms with Crippen molar-refractivity contribution < 1.29 is 27.6 Å². The molecule has 0 bridgehead atoms. The van der Waals surface area contributed by atoms with Gasteiger partial charge in [-0.1, -0.05) is 0 Å². The summed E-state index contributed by atoms with van der Waals surface area (Å²) in [5.74, 6) is -2.46. The monoisotopic (exact) mass is 404 g/mol. The summed E-state index contributed by atoms with van der Waals surface area (Å²) in [5.41, 5.74) is 0. The molecule has 0 spiro atoms. The summed E-state index contributed by atoms with van der Waals surface area (Å²) in [6.45, 7) is -0.943. The Morgan fingerprint density at radius 2 is 2.07 bits per heavy atom. The van der Waals surface area contributed by atoms with Crippen LogP contribution in [0.5, 0.6) is 0 Å². The number of thiazole rings is 1. The third-order valence-corrected chi connectivity index (χ3v) is 5.39. The van der Waals surface area contributed by atoms with E-state index >= 15 is 0 Å². The average molecular weight is 404 g/mol. The third-order valence-electron chi connectivity index (χ3n) is 4.70. The van der Waals surface area contributed by atoms with Gasteiger partial charge in [-0.3, -0.25) is 14.4 Å². The number of alkyl halides is 3. The first-order valence-electron chi connectivity index (χ1n) is 8.56. The molecule has 0 aliphatic carbocycles. The minimum absolute atomic E-state index is 0.194. The SMILES string of the molecule is O=C(Nc1nccs1)C1CCCN(C(=O)C2CC(=O)N(CC(F)(F)F)C2)C1. The Hall–Kier alpha value is -2.17. The minimum Gasteiger partial charge on any atom is -0.342 e. The van der Waals surface area contributed by atoms with E-state index in [1.807, 2.05) is 0 Å². The van der Waals surface area contributed by atoms with Crippen LogP contribution in [0.2, 0.25) is 0 Å². The number of nitrogens with zero attached hydrogens (tertiary/aromatic N) is 3. The Morgan fingerprint density at radius 1 is 1.30 bits per heavy atom. The van der Waals surface area contributed by atoms with Crippen LogP contribution in [0.4, 0.5) is 18.3 Å². The average Bonchev–Trinajstić information content (AvgIpc) is 3.23. The van der Waals surface area contributed by atoms with Crippen molar-refractivity contribution in [3.63, 3.8) is 0 Å². The van der Waals surface area contributed by atoms with Crippen molar-refractivity contribution in [3.8, 4) is 0 Å². The molecule has 2 unspecified atom stereocenters. The van der Waals surface area contributed by atoms with E-state index in [2.05, 4.69) is 10.3 Å². The molecule has 3 amide bonds. The highest BCUT2D eigenvalue weighted by atomic mass is 32.1. The molecule has 2 atom stereocenters. The molecular formula is C16H19F3N4O3S. The maximum absolute atomic E-state index is 12.7. The van der Waals surface area contributed by atoms with E-state index in [1.54, 1.807) is 11.6 Å². The van der Waals surface area contributed by atoms with Gasteiger partial charge in [-0.25, -0.2) is 4.98 Å². The second-order valence-corrected chi connectivity index (χ2v) is 7.63. The summed E-state index contributed by atoms with van der Waals surface area (Å²) in [6.07, 6.45) is -1.90. The van der Waals surface area contributed by atoms with Crippen LogP contribution in [-0.4, -0.2) is 64.9 Å². The van der Waals surface area contributed by atoms with Gasteiger partial charge in [0.15, 0.2) is 5.13 Å². The van der Waals surface area contributed by atoms with E-state index < -0.39 is 30.5 Å². The Morgan fingerprint density at radius 3 is 2.74 bits per heavy atom. The number of nitrogens with one attached hydrogen (secondary N) is 1. The lowest BCUT2D eigenvalue weighted by molar-refractivity contribution is -0.157. The number of hydrogen-bond donors (Lipinski definition) is 1. The van der Waals surface area contributed by atoms with Gasteiger partial charge in [0.1, 0.15) is 6.54 Å². The van der Waals surface area contributed by atoms with E-state index in [4.69, 9.17) is 0 Å². The van der Waals surface area contributed by atoms with Gasteiger partial charge >= 0.3 is 6.18 Å². The van der Waals surface area contributed by atoms with Crippen molar-refractivity contribution in [2.45, 2.75) is 25.4 Å². The highest BCUT2D eigenvalue weighted by Gasteiger charge is 2.42. The molecule has 27 heavy (non-hydrogen) atoms. The zero-order valence-corrected chi connectivity index (χ0v) is 15.2. The number of anilines is 1.